The van der Waals surface area contributed by atoms with E-state index in [2.05, 4.69) is 35.3 Å². The van der Waals surface area contributed by atoms with Crippen molar-refractivity contribution in [2.45, 2.75) is 52.1 Å². The van der Waals surface area contributed by atoms with Gasteiger partial charge in [0.25, 0.3) is 0 Å². The summed E-state index contributed by atoms with van der Waals surface area (Å²) >= 11 is 1.10. The molecule has 1 aromatic rings. The van der Waals surface area contributed by atoms with Crippen LogP contribution >= 0.6 is 11.5 Å². The number of aryl methyl sites for hydroxylation is 1. The monoisotopic (exact) mass is 283 g/mol. The Labute approximate surface area is 118 Å². The fourth-order valence-electron chi connectivity index (χ4n) is 2.55. The van der Waals surface area contributed by atoms with Crippen LogP contribution in [0.1, 0.15) is 49.0 Å². The molecule has 1 aliphatic rings. The largest absolute Gasteiger partial charge is 0.460 e. The van der Waals surface area contributed by atoms with Crippen LogP contribution in [0.15, 0.2) is 0 Å². The Bertz CT molecular complexity index is 453. The molecule has 1 atom stereocenters. The molecule has 0 unspecified atom stereocenters. The topological polar surface area (TPSA) is 55.3 Å². The Hall–Kier alpha value is -1.01. The second kappa shape index (κ2) is 5.54. The zero-order valence-electron chi connectivity index (χ0n) is 12.0. The summed E-state index contributed by atoms with van der Waals surface area (Å²) in [5, 5.41) is 3.83. The van der Waals surface area contributed by atoms with E-state index in [0.717, 1.165) is 24.5 Å². The van der Waals surface area contributed by atoms with Gasteiger partial charge in [-0.3, -0.25) is 4.90 Å². The van der Waals surface area contributed by atoms with E-state index in [4.69, 9.17) is 4.74 Å². The van der Waals surface area contributed by atoms with E-state index in [1.807, 2.05) is 0 Å². The van der Waals surface area contributed by atoms with Crippen LogP contribution in [0.5, 0.6) is 0 Å². The fraction of sp³-hybridized carbons (Fsp3) is 0.769. The van der Waals surface area contributed by atoms with E-state index in [-0.39, 0.29) is 11.5 Å². The summed E-state index contributed by atoms with van der Waals surface area (Å²) in [5.74, 6) is -0.298. The third-order valence-electron chi connectivity index (χ3n) is 3.48. The van der Waals surface area contributed by atoms with Crippen molar-refractivity contribution in [3.63, 3.8) is 0 Å². The van der Waals surface area contributed by atoms with E-state index in [0.29, 0.717) is 23.2 Å². The molecule has 1 fully saturated rings. The molecule has 5 nitrogen and oxygen atoms in total. The SMILES string of the molecule is Cc1nnsc1C(=O)OC[C@@H]1CCCN1C(C)(C)C. The van der Waals surface area contributed by atoms with Crippen LogP contribution in [0, 0.1) is 6.92 Å². The minimum Gasteiger partial charge on any atom is -0.460 e. The van der Waals surface area contributed by atoms with Crippen molar-refractivity contribution < 1.29 is 9.53 Å². The van der Waals surface area contributed by atoms with E-state index in [1.165, 1.54) is 6.42 Å². The third-order valence-corrected chi connectivity index (χ3v) is 4.29. The van der Waals surface area contributed by atoms with Crippen LogP contribution in [0.25, 0.3) is 0 Å². The molecule has 1 aliphatic heterocycles. The van der Waals surface area contributed by atoms with E-state index in [1.54, 1.807) is 6.92 Å². The van der Waals surface area contributed by atoms with Gasteiger partial charge < -0.3 is 4.74 Å². The van der Waals surface area contributed by atoms with Crippen molar-refractivity contribution in [1.82, 2.24) is 14.5 Å². The van der Waals surface area contributed by atoms with Gasteiger partial charge in [-0.25, -0.2) is 4.79 Å². The van der Waals surface area contributed by atoms with Gasteiger partial charge in [0.1, 0.15) is 6.61 Å². The van der Waals surface area contributed by atoms with Crippen LogP contribution in [-0.4, -0.2) is 45.2 Å². The molecule has 0 aliphatic carbocycles. The van der Waals surface area contributed by atoms with E-state index >= 15 is 0 Å². The lowest BCUT2D eigenvalue weighted by atomic mass is 10.1. The van der Waals surface area contributed by atoms with Crippen molar-refractivity contribution >= 4 is 17.5 Å². The highest BCUT2D eigenvalue weighted by atomic mass is 32.1. The first-order valence-corrected chi connectivity index (χ1v) is 7.40. The molecule has 0 amide bonds. The van der Waals surface area contributed by atoms with Gasteiger partial charge in [0, 0.05) is 11.6 Å². The standard InChI is InChI=1S/C13H21N3O2S/c1-9-11(19-15-14-9)12(17)18-8-10-6-5-7-16(10)13(2,3)4/h10H,5-8H2,1-4H3/t10-/m0/s1. The molecule has 19 heavy (non-hydrogen) atoms. The number of aromatic nitrogens is 2. The second-order valence-electron chi connectivity index (χ2n) is 5.95. The predicted molar refractivity (Wildman–Crippen MR) is 74.4 cm³/mol. The molecule has 0 aromatic carbocycles. The Morgan fingerprint density at radius 3 is 2.84 bits per heavy atom. The molecule has 2 heterocycles. The van der Waals surface area contributed by atoms with E-state index < -0.39 is 0 Å². The highest BCUT2D eigenvalue weighted by molar-refractivity contribution is 7.07. The van der Waals surface area contributed by atoms with Crippen molar-refractivity contribution in [1.29, 1.82) is 0 Å². The van der Waals surface area contributed by atoms with Crippen LogP contribution in [0.4, 0.5) is 0 Å². The lowest BCUT2D eigenvalue weighted by Crippen LogP contribution is -2.46. The van der Waals surface area contributed by atoms with Crippen molar-refractivity contribution in [3.8, 4) is 0 Å². The zero-order valence-corrected chi connectivity index (χ0v) is 12.8. The number of rotatable bonds is 3. The number of hydrogen-bond acceptors (Lipinski definition) is 6. The smallest absolute Gasteiger partial charge is 0.351 e. The van der Waals surface area contributed by atoms with Gasteiger partial charge in [-0.1, -0.05) is 4.49 Å². The Morgan fingerprint density at radius 2 is 2.26 bits per heavy atom. The number of nitrogens with zero attached hydrogens (tertiary/aromatic N) is 3. The lowest BCUT2D eigenvalue weighted by molar-refractivity contribution is 0.0281. The van der Waals surface area contributed by atoms with Gasteiger partial charge >= 0.3 is 5.97 Å². The van der Waals surface area contributed by atoms with Gasteiger partial charge in [-0.2, -0.15) is 0 Å². The number of likely N-dealkylation sites (tertiary alicyclic amines) is 1. The molecule has 2 rings (SSSR count). The Balaban J connectivity index is 1.92. The molecular formula is C13H21N3O2S. The van der Waals surface area contributed by atoms with E-state index in [9.17, 15) is 4.79 Å². The average molecular weight is 283 g/mol. The molecule has 0 saturated carbocycles. The van der Waals surface area contributed by atoms with Crippen molar-refractivity contribution in [2.75, 3.05) is 13.2 Å². The number of ether oxygens (including phenoxy) is 1. The molecule has 106 valence electrons. The molecule has 1 aromatic heterocycles. The normalized spacial score (nSPS) is 20.7. The maximum atomic E-state index is 11.9. The fourth-order valence-corrected chi connectivity index (χ4v) is 3.10. The van der Waals surface area contributed by atoms with Gasteiger partial charge in [-0.15, -0.1) is 5.10 Å². The molecule has 0 radical (unpaired) electrons. The number of carbonyl (C=O) groups excluding carboxylic acids is 1. The van der Waals surface area contributed by atoms with Crippen molar-refractivity contribution in [3.05, 3.63) is 10.6 Å². The summed E-state index contributed by atoms with van der Waals surface area (Å²) in [5.41, 5.74) is 0.768. The maximum absolute atomic E-state index is 11.9. The molecule has 6 heteroatoms. The minimum absolute atomic E-state index is 0.121. The summed E-state index contributed by atoms with van der Waals surface area (Å²) in [6, 6.07) is 0.324. The Morgan fingerprint density at radius 1 is 1.53 bits per heavy atom. The van der Waals surface area contributed by atoms with Crippen LogP contribution in [0.3, 0.4) is 0 Å². The minimum atomic E-state index is -0.298. The van der Waals surface area contributed by atoms with Gasteiger partial charge in [0.2, 0.25) is 0 Å². The number of carbonyl (C=O) groups is 1. The number of esters is 1. The highest BCUT2D eigenvalue weighted by Crippen LogP contribution is 2.26. The summed E-state index contributed by atoms with van der Waals surface area (Å²) < 4.78 is 9.18. The summed E-state index contributed by atoms with van der Waals surface area (Å²) in [7, 11) is 0. The van der Waals surface area contributed by atoms with Gasteiger partial charge in [-0.05, 0) is 58.6 Å². The molecule has 0 spiro atoms. The summed E-state index contributed by atoms with van der Waals surface area (Å²) in [6.07, 6.45) is 2.26. The first-order chi connectivity index (χ1) is 8.89. The van der Waals surface area contributed by atoms with Gasteiger partial charge in [0.15, 0.2) is 4.88 Å². The number of hydrogen-bond donors (Lipinski definition) is 0. The molecular weight excluding hydrogens is 262 g/mol. The molecule has 1 saturated heterocycles. The quantitative estimate of drug-likeness (QED) is 0.796. The first kappa shape index (κ1) is 14.4. The van der Waals surface area contributed by atoms with Crippen LogP contribution < -0.4 is 0 Å². The predicted octanol–water partition coefficient (Wildman–Crippen LogP) is 2.27. The lowest BCUT2D eigenvalue weighted by Gasteiger charge is -2.36. The second-order valence-corrected chi connectivity index (χ2v) is 6.70. The summed E-state index contributed by atoms with van der Waals surface area (Å²) in [6.45, 7) is 9.90. The summed E-state index contributed by atoms with van der Waals surface area (Å²) in [4.78, 5) is 14.9. The zero-order chi connectivity index (χ0) is 14.0. The van der Waals surface area contributed by atoms with Crippen LogP contribution in [0.2, 0.25) is 0 Å². The van der Waals surface area contributed by atoms with Crippen LogP contribution in [-0.2, 0) is 4.74 Å². The molecule has 0 bridgehead atoms. The third kappa shape index (κ3) is 3.30. The van der Waals surface area contributed by atoms with Gasteiger partial charge in [0.05, 0.1) is 5.69 Å². The highest BCUT2D eigenvalue weighted by Gasteiger charge is 2.33. The molecule has 0 N–H and O–H groups in total. The first-order valence-electron chi connectivity index (χ1n) is 6.62. The maximum Gasteiger partial charge on any atom is 0.351 e. The van der Waals surface area contributed by atoms with Crippen molar-refractivity contribution in [2.24, 2.45) is 0 Å². The Kier molecular flexibility index (Phi) is 4.20. The average Bonchev–Trinajstić information content (AvgIpc) is 2.93.